The Morgan fingerprint density at radius 2 is 1.37 bits per heavy atom. The van der Waals surface area contributed by atoms with Crippen molar-refractivity contribution in [2.45, 2.75) is 24.4 Å². The number of hydrogen-bond acceptors (Lipinski definition) is 7. The summed E-state index contributed by atoms with van der Waals surface area (Å²) in [5, 5.41) is 61.4. The summed E-state index contributed by atoms with van der Waals surface area (Å²) in [7, 11) is 1.57. The molecule has 0 saturated carbocycles. The average molecular weight is 285 g/mol. The highest BCUT2D eigenvalue weighted by Crippen LogP contribution is 2.04. The van der Waals surface area contributed by atoms with Crippen LogP contribution in [0.2, 0.25) is 0 Å². The number of carbonyl (C=O) groups is 1. The normalized spacial score (nSPS) is 15.7. The van der Waals surface area contributed by atoms with Gasteiger partial charge in [-0.25, -0.2) is 4.79 Å². The van der Waals surface area contributed by atoms with Crippen LogP contribution in [0.25, 0.3) is 0 Å². The SMILES string of the molecule is C=C.CNC[C@H](O)[C@@H](O)[C@H](O)[C@H](O)CO.O=C(O)O. The van der Waals surface area contributed by atoms with E-state index in [4.69, 9.17) is 35.4 Å². The molecule has 0 aromatic heterocycles. The number of nitrogens with one attached hydrogen (secondary N) is 1. The lowest BCUT2D eigenvalue weighted by Gasteiger charge is -2.25. The van der Waals surface area contributed by atoms with Crippen LogP contribution in [0.15, 0.2) is 13.2 Å². The number of aliphatic hydroxyl groups excluding tert-OH is 5. The second-order valence-corrected chi connectivity index (χ2v) is 3.14. The van der Waals surface area contributed by atoms with Gasteiger partial charge in [-0.15, -0.1) is 13.2 Å². The highest BCUT2D eigenvalue weighted by Gasteiger charge is 2.29. The minimum atomic E-state index is -1.83. The van der Waals surface area contributed by atoms with E-state index in [1.807, 2.05) is 0 Å². The third-order valence-corrected chi connectivity index (χ3v) is 1.74. The fourth-order valence-corrected chi connectivity index (χ4v) is 0.893. The molecule has 0 bridgehead atoms. The standard InChI is InChI=1S/C7H17NO5.C2H4.CH2O3/c1-8-2-4(10)6(12)7(13)5(11)3-9;1-2;2-1(3)4/h4-13H,2-3H2,1H3;1-2H2;(H2,2,3,4)/t4-,5+,6+,7+;;/m0../s1. The lowest BCUT2D eigenvalue weighted by Crippen LogP contribution is -2.48. The first-order valence-electron chi connectivity index (χ1n) is 5.17. The molecule has 19 heavy (non-hydrogen) atoms. The zero-order valence-corrected chi connectivity index (χ0v) is 10.7. The molecule has 0 aliphatic heterocycles. The van der Waals surface area contributed by atoms with Crippen molar-refractivity contribution in [2.24, 2.45) is 0 Å². The minimum Gasteiger partial charge on any atom is -0.450 e. The summed E-state index contributed by atoms with van der Waals surface area (Å²) in [5.41, 5.74) is 0. The molecular formula is C10H23NO8. The maximum atomic E-state index is 9.21. The van der Waals surface area contributed by atoms with E-state index in [-0.39, 0.29) is 6.54 Å². The van der Waals surface area contributed by atoms with Crippen molar-refractivity contribution in [3.8, 4) is 0 Å². The first-order valence-corrected chi connectivity index (χ1v) is 5.17. The molecule has 8 N–H and O–H groups in total. The minimum absolute atomic E-state index is 0.0936. The van der Waals surface area contributed by atoms with Gasteiger partial charge < -0.3 is 41.1 Å². The Morgan fingerprint density at radius 1 is 1.05 bits per heavy atom. The molecule has 0 aromatic rings. The largest absolute Gasteiger partial charge is 0.503 e. The van der Waals surface area contributed by atoms with Gasteiger partial charge in [0.2, 0.25) is 0 Å². The molecule has 9 nitrogen and oxygen atoms in total. The first kappa shape index (κ1) is 22.9. The number of hydrogen-bond donors (Lipinski definition) is 8. The molecule has 0 unspecified atom stereocenters. The molecule has 0 saturated heterocycles. The van der Waals surface area contributed by atoms with Crippen LogP contribution in [0.1, 0.15) is 0 Å². The molecule has 0 spiro atoms. The van der Waals surface area contributed by atoms with E-state index in [0.717, 1.165) is 0 Å². The van der Waals surface area contributed by atoms with Crippen LogP contribution in [0.4, 0.5) is 4.79 Å². The van der Waals surface area contributed by atoms with Crippen LogP contribution in [0, 0.1) is 0 Å². The molecule has 0 radical (unpaired) electrons. The van der Waals surface area contributed by atoms with Gasteiger partial charge in [-0.1, -0.05) is 0 Å². The lowest BCUT2D eigenvalue weighted by molar-refractivity contribution is -0.113. The molecule has 0 aromatic carbocycles. The molecule has 0 rings (SSSR count). The topological polar surface area (TPSA) is 171 Å². The smallest absolute Gasteiger partial charge is 0.450 e. The summed E-state index contributed by atoms with van der Waals surface area (Å²) < 4.78 is 0. The fourth-order valence-electron chi connectivity index (χ4n) is 0.893. The molecule has 9 heteroatoms. The summed E-state index contributed by atoms with van der Waals surface area (Å²) in [6.07, 6.45) is -7.48. The van der Waals surface area contributed by atoms with Crippen LogP contribution in [-0.2, 0) is 0 Å². The van der Waals surface area contributed by atoms with Crippen LogP contribution in [0.3, 0.4) is 0 Å². The first-order chi connectivity index (χ1) is 8.77. The van der Waals surface area contributed by atoms with Crippen molar-refractivity contribution in [2.75, 3.05) is 20.2 Å². The predicted molar refractivity (Wildman–Crippen MR) is 66.9 cm³/mol. The van der Waals surface area contributed by atoms with E-state index in [1.165, 1.54) is 0 Å². The van der Waals surface area contributed by atoms with Gasteiger partial charge in [0.1, 0.15) is 18.3 Å². The molecule has 0 aliphatic carbocycles. The van der Waals surface area contributed by atoms with Crippen molar-refractivity contribution in [1.82, 2.24) is 5.32 Å². The van der Waals surface area contributed by atoms with Crippen LogP contribution < -0.4 is 5.32 Å². The van der Waals surface area contributed by atoms with E-state index in [1.54, 1.807) is 7.05 Å². The summed E-state index contributed by atoms with van der Waals surface area (Å²) in [6.45, 7) is 5.43. The zero-order chi connectivity index (χ0) is 16.0. The van der Waals surface area contributed by atoms with E-state index < -0.39 is 37.2 Å². The average Bonchev–Trinajstić information content (AvgIpc) is 2.38. The van der Waals surface area contributed by atoms with Crippen molar-refractivity contribution >= 4 is 6.16 Å². The highest BCUT2D eigenvalue weighted by atomic mass is 16.6. The van der Waals surface area contributed by atoms with Crippen molar-refractivity contribution in [3.05, 3.63) is 13.2 Å². The molecule has 0 amide bonds. The van der Waals surface area contributed by atoms with Gasteiger partial charge in [0, 0.05) is 6.54 Å². The summed E-state index contributed by atoms with van der Waals surface area (Å²) in [6, 6.07) is 0. The second-order valence-electron chi connectivity index (χ2n) is 3.14. The Hall–Kier alpha value is -1.23. The Kier molecular flexibility index (Phi) is 17.9. The molecule has 116 valence electrons. The van der Waals surface area contributed by atoms with E-state index in [0.29, 0.717) is 0 Å². The van der Waals surface area contributed by atoms with E-state index >= 15 is 0 Å². The maximum Gasteiger partial charge on any atom is 0.503 e. The van der Waals surface area contributed by atoms with Crippen LogP contribution >= 0.6 is 0 Å². The van der Waals surface area contributed by atoms with Crippen molar-refractivity contribution < 1.29 is 40.5 Å². The lowest BCUT2D eigenvalue weighted by atomic mass is 10.0. The molecule has 0 aliphatic rings. The van der Waals surface area contributed by atoms with Gasteiger partial charge in [0.25, 0.3) is 0 Å². The third kappa shape index (κ3) is 14.7. The van der Waals surface area contributed by atoms with Gasteiger partial charge in [0.15, 0.2) is 0 Å². The zero-order valence-electron chi connectivity index (χ0n) is 10.7. The predicted octanol–water partition coefficient (Wildman–Crippen LogP) is -2.33. The monoisotopic (exact) mass is 285 g/mol. The number of likely N-dealkylation sites (N-methyl/N-ethyl adjacent to an activating group) is 1. The molecule has 4 atom stereocenters. The van der Waals surface area contributed by atoms with Crippen molar-refractivity contribution in [1.29, 1.82) is 0 Å². The fraction of sp³-hybridized carbons (Fsp3) is 0.700. The summed E-state index contributed by atoms with van der Waals surface area (Å²) in [5.74, 6) is 0. The maximum absolute atomic E-state index is 9.21. The van der Waals surface area contributed by atoms with Gasteiger partial charge in [-0.2, -0.15) is 0 Å². The van der Waals surface area contributed by atoms with Gasteiger partial charge in [-0.05, 0) is 7.05 Å². The Balaban J connectivity index is -0.000000361. The van der Waals surface area contributed by atoms with Crippen LogP contribution in [-0.4, -0.2) is 86.5 Å². The molecule has 0 fully saturated rings. The van der Waals surface area contributed by atoms with Gasteiger partial charge in [-0.3, -0.25) is 0 Å². The third-order valence-electron chi connectivity index (χ3n) is 1.74. The number of aliphatic hydroxyl groups is 5. The second kappa shape index (κ2) is 14.8. The Morgan fingerprint density at radius 3 is 1.63 bits per heavy atom. The van der Waals surface area contributed by atoms with E-state index in [2.05, 4.69) is 18.5 Å². The Labute approximate surface area is 111 Å². The number of rotatable bonds is 6. The van der Waals surface area contributed by atoms with E-state index in [9.17, 15) is 5.11 Å². The number of carboxylic acid groups (broad SMARTS) is 2. The highest BCUT2D eigenvalue weighted by molar-refractivity contribution is 5.53. The molecule has 0 heterocycles. The summed E-state index contributed by atoms with van der Waals surface area (Å²) >= 11 is 0. The van der Waals surface area contributed by atoms with Crippen LogP contribution in [0.5, 0.6) is 0 Å². The summed E-state index contributed by atoms with van der Waals surface area (Å²) in [4.78, 5) is 8.56. The Bertz CT molecular complexity index is 212. The molecular weight excluding hydrogens is 262 g/mol. The van der Waals surface area contributed by atoms with Crippen molar-refractivity contribution in [3.63, 3.8) is 0 Å². The quantitative estimate of drug-likeness (QED) is 0.249. The van der Waals surface area contributed by atoms with Gasteiger partial charge in [0.05, 0.1) is 12.7 Å². The van der Waals surface area contributed by atoms with Gasteiger partial charge >= 0.3 is 6.16 Å².